The van der Waals surface area contributed by atoms with Crippen LogP contribution in [0.1, 0.15) is 399 Å². The van der Waals surface area contributed by atoms with E-state index in [9.17, 15) is 19.8 Å². The van der Waals surface area contributed by atoms with E-state index in [1.807, 2.05) is 0 Å². The van der Waals surface area contributed by atoms with E-state index in [1.54, 1.807) is 0 Å². The van der Waals surface area contributed by atoms with Gasteiger partial charge in [0.05, 0.1) is 25.4 Å². The first kappa shape index (κ1) is 74.6. The van der Waals surface area contributed by atoms with Gasteiger partial charge in [-0.2, -0.15) is 0 Å². The molecule has 0 heterocycles. The van der Waals surface area contributed by atoms with Crippen LogP contribution in [-0.2, 0) is 14.3 Å². The van der Waals surface area contributed by atoms with Gasteiger partial charge in [-0.15, -0.1) is 0 Å². The quantitative estimate of drug-likeness (QED) is 0.0320. The Morgan fingerprint density at radius 3 is 0.934 bits per heavy atom. The Hall–Kier alpha value is -1.40. The maximum Gasteiger partial charge on any atom is 0.305 e. The molecule has 0 fully saturated rings. The number of esters is 1. The second-order valence-electron chi connectivity index (χ2n) is 24.2. The summed E-state index contributed by atoms with van der Waals surface area (Å²) in [6.07, 6.45) is 81.0. The molecule has 3 N–H and O–H groups in total. The van der Waals surface area contributed by atoms with Gasteiger partial charge in [0.1, 0.15) is 0 Å². The summed E-state index contributed by atoms with van der Waals surface area (Å²) >= 11 is 0. The topological polar surface area (TPSA) is 95.9 Å². The van der Waals surface area contributed by atoms with Crippen molar-refractivity contribution in [2.24, 2.45) is 0 Å². The van der Waals surface area contributed by atoms with Crippen molar-refractivity contribution in [3.63, 3.8) is 0 Å². The number of amides is 1. The molecule has 2 atom stereocenters. The van der Waals surface area contributed by atoms with Crippen LogP contribution in [0.25, 0.3) is 0 Å². The van der Waals surface area contributed by atoms with Crippen LogP contribution in [0.5, 0.6) is 0 Å². The van der Waals surface area contributed by atoms with Crippen molar-refractivity contribution in [3.05, 3.63) is 12.2 Å². The van der Waals surface area contributed by atoms with Crippen molar-refractivity contribution in [1.82, 2.24) is 5.32 Å². The molecular weight excluding hydrogens is 935 g/mol. The SMILES string of the molecule is CCCCCCCC/C=C\CCCCCCCCCCCC(=O)OCCCCCCCCCCCCCCCCCCC(=O)NC(CO)C(O)CCCCCCCCCCCCCCCCCCCCCCCCCC. The van der Waals surface area contributed by atoms with Crippen LogP contribution in [0.3, 0.4) is 0 Å². The van der Waals surface area contributed by atoms with E-state index >= 15 is 0 Å². The van der Waals surface area contributed by atoms with Crippen LogP contribution >= 0.6 is 0 Å². The first-order chi connectivity index (χ1) is 37.5. The molecular formula is C70H137NO5. The molecule has 0 spiro atoms. The number of rotatable bonds is 66. The van der Waals surface area contributed by atoms with Gasteiger partial charge in [0, 0.05) is 12.8 Å². The third-order valence-electron chi connectivity index (χ3n) is 16.6. The fraction of sp³-hybridized carbons (Fsp3) is 0.943. The smallest absolute Gasteiger partial charge is 0.305 e. The Balaban J connectivity index is 3.40. The Bertz CT molecular complexity index is 1140. The molecule has 6 nitrogen and oxygen atoms in total. The molecule has 0 saturated carbocycles. The maximum absolute atomic E-state index is 12.6. The highest BCUT2D eigenvalue weighted by Gasteiger charge is 2.20. The highest BCUT2D eigenvalue weighted by molar-refractivity contribution is 5.76. The monoisotopic (exact) mass is 1070 g/mol. The lowest BCUT2D eigenvalue weighted by atomic mass is 10.0. The van der Waals surface area contributed by atoms with E-state index < -0.39 is 12.1 Å². The Morgan fingerprint density at radius 2 is 0.618 bits per heavy atom. The molecule has 0 aromatic heterocycles. The second kappa shape index (κ2) is 66.1. The van der Waals surface area contributed by atoms with Crippen molar-refractivity contribution < 1.29 is 24.5 Å². The fourth-order valence-corrected chi connectivity index (χ4v) is 11.2. The third kappa shape index (κ3) is 61.8. The summed E-state index contributed by atoms with van der Waals surface area (Å²) in [5.41, 5.74) is 0. The van der Waals surface area contributed by atoms with Crippen LogP contribution in [-0.4, -0.2) is 47.4 Å². The standard InChI is InChI=1S/C70H137NO5/c1-3-5-7-9-11-13-15-17-19-21-23-24-25-26-27-29-30-34-38-42-46-50-54-58-62-68(73)67(66-72)71-69(74)63-59-55-51-47-43-39-35-32-33-37-41-45-49-53-57-61-65-76-70(75)64-60-56-52-48-44-40-36-31-28-22-20-18-16-14-12-10-8-6-4-2/h18,20,67-68,72-73H,3-17,19,21-66H2,1-2H3,(H,71,74)/b20-18-. The predicted octanol–water partition coefficient (Wildman–Crippen LogP) is 22.4. The predicted molar refractivity (Wildman–Crippen MR) is 333 cm³/mol. The van der Waals surface area contributed by atoms with Crippen LogP contribution in [0.15, 0.2) is 12.2 Å². The number of carbonyl (C=O) groups is 2. The van der Waals surface area contributed by atoms with E-state index in [4.69, 9.17) is 4.74 Å². The van der Waals surface area contributed by atoms with Gasteiger partial charge in [0.15, 0.2) is 0 Å². The largest absolute Gasteiger partial charge is 0.466 e. The number of carbonyl (C=O) groups excluding carboxylic acids is 2. The molecule has 6 heteroatoms. The molecule has 452 valence electrons. The van der Waals surface area contributed by atoms with Crippen molar-refractivity contribution in [1.29, 1.82) is 0 Å². The molecule has 0 aliphatic carbocycles. The molecule has 0 bridgehead atoms. The molecule has 0 aliphatic heterocycles. The minimum absolute atomic E-state index is 0.00443. The molecule has 2 unspecified atom stereocenters. The van der Waals surface area contributed by atoms with E-state index in [2.05, 4.69) is 31.3 Å². The van der Waals surface area contributed by atoms with Crippen LogP contribution < -0.4 is 5.32 Å². The van der Waals surface area contributed by atoms with Crippen molar-refractivity contribution >= 4 is 11.9 Å². The van der Waals surface area contributed by atoms with Gasteiger partial charge in [0.2, 0.25) is 5.91 Å². The first-order valence-corrected chi connectivity index (χ1v) is 34.9. The van der Waals surface area contributed by atoms with Gasteiger partial charge >= 0.3 is 5.97 Å². The summed E-state index contributed by atoms with van der Waals surface area (Å²) in [6, 6.07) is -0.548. The minimum atomic E-state index is -0.670. The number of aliphatic hydroxyl groups is 2. The summed E-state index contributed by atoms with van der Waals surface area (Å²) in [6.45, 7) is 4.98. The molecule has 0 rings (SSSR count). The Kier molecular flexibility index (Phi) is 64.9. The normalized spacial score (nSPS) is 12.5. The summed E-state index contributed by atoms with van der Waals surface area (Å²) in [4.78, 5) is 24.7. The van der Waals surface area contributed by atoms with Gasteiger partial charge in [0.25, 0.3) is 0 Å². The molecule has 76 heavy (non-hydrogen) atoms. The highest BCUT2D eigenvalue weighted by atomic mass is 16.5. The van der Waals surface area contributed by atoms with E-state index in [1.165, 1.54) is 321 Å². The Morgan fingerprint density at radius 1 is 0.355 bits per heavy atom. The van der Waals surface area contributed by atoms with Gasteiger partial charge in [-0.25, -0.2) is 0 Å². The minimum Gasteiger partial charge on any atom is -0.466 e. The summed E-state index contributed by atoms with van der Waals surface area (Å²) < 4.78 is 5.50. The number of allylic oxidation sites excluding steroid dienone is 2. The number of hydrogen-bond donors (Lipinski definition) is 3. The van der Waals surface area contributed by atoms with Crippen molar-refractivity contribution in [3.8, 4) is 0 Å². The van der Waals surface area contributed by atoms with Gasteiger partial charge in [-0.05, 0) is 51.4 Å². The van der Waals surface area contributed by atoms with Crippen LogP contribution in [0.2, 0.25) is 0 Å². The van der Waals surface area contributed by atoms with E-state index in [-0.39, 0.29) is 18.5 Å². The number of unbranched alkanes of at least 4 members (excludes halogenated alkanes) is 53. The average Bonchev–Trinajstić information content (AvgIpc) is 3.42. The summed E-state index contributed by atoms with van der Waals surface area (Å²) in [5, 5.41) is 23.4. The average molecular weight is 1070 g/mol. The molecule has 0 aromatic carbocycles. The zero-order valence-electron chi connectivity index (χ0n) is 51.8. The number of aliphatic hydroxyl groups excluding tert-OH is 2. The van der Waals surface area contributed by atoms with Crippen molar-refractivity contribution in [2.75, 3.05) is 13.2 Å². The van der Waals surface area contributed by atoms with E-state index in [0.717, 1.165) is 44.9 Å². The number of nitrogens with one attached hydrogen (secondary N) is 1. The highest BCUT2D eigenvalue weighted by Crippen LogP contribution is 2.19. The van der Waals surface area contributed by atoms with Crippen LogP contribution in [0, 0.1) is 0 Å². The van der Waals surface area contributed by atoms with E-state index in [0.29, 0.717) is 25.9 Å². The first-order valence-electron chi connectivity index (χ1n) is 34.9. The molecule has 0 aliphatic rings. The maximum atomic E-state index is 12.6. The number of hydrogen-bond acceptors (Lipinski definition) is 5. The summed E-state index contributed by atoms with van der Waals surface area (Å²) in [7, 11) is 0. The second-order valence-corrected chi connectivity index (χ2v) is 24.2. The van der Waals surface area contributed by atoms with Gasteiger partial charge in [-0.1, -0.05) is 347 Å². The molecule has 0 radical (unpaired) electrons. The lowest BCUT2D eigenvalue weighted by Gasteiger charge is -2.22. The van der Waals surface area contributed by atoms with Crippen molar-refractivity contribution in [2.45, 2.75) is 411 Å². The molecule has 1 amide bonds. The third-order valence-corrected chi connectivity index (χ3v) is 16.6. The zero-order chi connectivity index (χ0) is 55.0. The molecule has 0 saturated heterocycles. The number of ether oxygens (including phenoxy) is 1. The lowest BCUT2D eigenvalue weighted by molar-refractivity contribution is -0.143. The molecule has 0 aromatic rings. The lowest BCUT2D eigenvalue weighted by Crippen LogP contribution is -2.45. The van der Waals surface area contributed by atoms with Gasteiger partial charge < -0.3 is 20.3 Å². The Labute approximate surface area is 476 Å². The van der Waals surface area contributed by atoms with Crippen LogP contribution in [0.4, 0.5) is 0 Å². The zero-order valence-corrected chi connectivity index (χ0v) is 51.8. The fourth-order valence-electron chi connectivity index (χ4n) is 11.2. The summed E-state index contributed by atoms with van der Waals surface area (Å²) in [5.74, 6) is -0.0321. The van der Waals surface area contributed by atoms with Gasteiger partial charge in [-0.3, -0.25) is 9.59 Å².